The van der Waals surface area contributed by atoms with Crippen molar-refractivity contribution in [3.05, 3.63) is 75.8 Å². The summed E-state index contributed by atoms with van der Waals surface area (Å²) < 4.78 is 11.1. The molecule has 1 aromatic heterocycles. The molecule has 1 aliphatic heterocycles. The average Bonchev–Trinajstić information content (AvgIpc) is 3.26. The van der Waals surface area contributed by atoms with E-state index in [-0.39, 0.29) is 29.7 Å². The van der Waals surface area contributed by atoms with E-state index in [1.54, 1.807) is 18.4 Å². The van der Waals surface area contributed by atoms with Gasteiger partial charge in [-0.3, -0.25) is 9.59 Å². The zero-order valence-corrected chi connectivity index (χ0v) is 18.8. The second kappa shape index (κ2) is 8.71. The fourth-order valence-corrected chi connectivity index (χ4v) is 5.50. The van der Waals surface area contributed by atoms with Gasteiger partial charge in [-0.05, 0) is 43.3 Å². The van der Waals surface area contributed by atoms with Gasteiger partial charge in [0.05, 0.1) is 13.2 Å². The molecule has 6 heteroatoms. The number of para-hydroxylation sites is 1. The Kier molecular flexibility index (Phi) is 6.01. The van der Waals surface area contributed by atoms with Crippen molar-refractivity contribution in [1.82, 2.24) is 5.32 Å². The molecule has 0 saturated carbocycles. The van der Waals surface area contributed by atoms with E-state index in [1.165, 1.54) is 0 Å². The van der Waals surface area contributed by atoms with Crippen LogP contribution in [-0.4, -0.2) is 25.0 Å². The Morgan fingerprint density at radius 1 is 1.19 bits per heavy atom. The lowest BCUT2D eigenvalue weighted by molar-refractivity contribution is -0.151. The van der Waals surface area contributed by atoms with E-state index in [4.69, 9.17) is 9.47 Å². The van der Waals surface area contributed by atoms with Crippen LogP contribution >= 0.6 is 11.3 Å². The zero-order chi connectivity index (χ0) is 22.1. The van der Waals surface area contributed by atoms with E-state index in [2.05, 4.69) is 11.9 Å². The summed E-state index contributed by atoms with van der Waals surface area (Å²) in [6, 6.07) is 11.7. The van der Waals surface area contributed by atoms with Crippen LogP contribution < -0.4 is 10.1 Å². The van der Waals surface area contributed by atoms with Crippen molar-refractivity contribution < 1.29 is 19.1 Å². The highest BCUT2D eigenvalue weighted by Crippen LogP contribution is 2.49. The maximum Gasteiger partial charge on any atom is 0.316 e. The number of Topliss-reactive ketones (excluding diaryl/α,β-unsaturated/α-hetero) is 1. The fraction of sp³-hybridized carbons (Fsp3) is 0.360. The van der Waals surface area contributed by atoms with Crippen LogP contribution in [0.4, 0.5) is 0 Å². The summed E-state index contributed by atoms with van der Waals surface area (Å²) in [5, 5.41) is 5.28. The molecule has 0 fully saturated rings. The summed E-state index contributed by atoms with van der Waals surface area (Å²) in [4.78, 5) is 27.5. The molecule has 3 unspecified atom stereocenters. The van der Waals surface area contributed by atoms with Gasteiger partial charge in [-0.25, -0.2) is 0 Å². The zero-order valence-electron chi connectivity index (χ0n) is 18.0. The molecule has 2 heterocycles. The number of ether oxygens (including phenoxy) is 2. The van der Waals surface area contributed by atoms with Gasteiger partial charge in [-0.2, -0.15) is 0 Å². The quantitative estimate of drug-likeness (QED) is 0.672. The smallest absolute Gasteiger partial charge is 0.316 e. The topological polar surface area (TPSA) is 64.6 Å². The van der Waals surface area contributed by atoms with Crippen LogP contribution in [0.5, 0.6) is 5.75 Å². The molecule has 2 aromatic rings. The standard InChI is InChI=1S/C25H27NO4S/c1-14(2)30-25(28)22-15(3)26-18-12-16(17-8-5-6-9-20(17)29-4)13-19(27)23(18)24(22)21-10-7-11-31-21/h5-11,14,16,22,24,26H,3,12-13H2,1-2,4H3. The predicted octanol–water partition coefficient (Wildman–Crippen LogP) is 4.93. The van der Waals surface area contributed by atoms with Gasteiger partial charge in [-0.1, -0.05) is 30.8 Å². The van der Waals surface area contributed by atoms with Gasteiger partial charge in [0, 0.05) is 40.1 Å². The van der Waals surface area contributed by atoms with Gasteiger partial charge in [0.25, 0.3) is 0 Å². The Morgan fingerprint density at radius 3 is 2.65 bits per heavy atom. The third-order valence-corrected chi connectivity index (χ3v) is 6.83. The van der Waals surface area contributed by atoms with Crippen LogP contribution in [0.3, 0.4) is 0 Å². The Labute approximate surface area is 186 Å². The van der Waals surface area contributed by atoms with Gasteiger partial charge in [0.15, 0.2) is 5.78 Å². The minimum absolute atomic E-state index is 0.00542. The van der Waals surface area contributed by atoms with Crippen molar-refractivity contribution in [3.8, 4) is 5.75 Å². The average molecular weight is 438 g/mol. The maximum atomic E-state index is 13.5. The molecule has 0 amide bonds. The first-order valence-electron chi connectivity index (χ1n) is 10.5. The van der Waals surface area contributed by atoms with E-state index >= 15 is 0 Å². The number of benzene rings is 1. The van der Waals surface area contributed by atoms with Crippen LogP contribution in [-0.2, 0) is 14.3 Å². The van der Waals surface area contributed by atoms with E-state index in [1.807, 2.05) is 55.6 Å². The van der Waals surface area contributed by atoms with Gasteiger partial charge < -0.3 is 14.8 Å². The Balaban J connectivity index is 1.76. The highest BCUT2D eigenvalue weighted by molar-refractivity contribution is 7.10. The molecule has 1 aromatic carbocycles. The first kappa shape index (κ1) is 21.4. The SMILES string of the molecule is C=C1NC2=C(C(=O)CC(c3ccccc3OC)C2)C(c2cccs2)C1C(=O)OC(C)C. The van der Waals surface area contributed by atoms with Crippen LogP contribution in [0.15, 0.2) is 65.3 Å². The van der Waals surface area contributed by atoms with E-state index in [0.29, 0.717) is 24.1 Å². The molecule has 0 saturated heterocycles. The van der Waals surface area contributed by atoms with Crippen molar-refractivity contribution in [2.75, 3.05) is 7.11 Å². The molecule has 31 heavy (non-hydrogen) atoms. The number of methoxy groups -OCH3 is 1. The largest absolute Gasteiger partial charge is 0.496 e. The Bertz CT molecular complexity index is 1040. The van der Waals surface area contributed by atoms with Crippen LogP contribution in [0, 0.1) is 5.92 Å². The molecule has 0 radical (unpaired) electrons. The number of allylic oxidation sites excluding steroid dienone is 2. The van der Waals surface area contributed by atoms with Crippen molar-refractivity contribution in [2.45, 2.75) is 44.6 Å². The summed E-state index contributed by atoms with van der Waals surface area (Å²) in [5.74, 6) is -0.513. The van der Waals surface area contributed by atoms with Gasteiger partial charge in [-0.15, -0.1) is 11.3 Å². The van der Waals surface area contributed by atoms with E-state index in [0.717, 1.165) is 21.9 Å². The van der Waals surface area contributed by atoms with Gasteiger partial charge in [0.1, 0.15) is 11.7 Å². The highest BCUT2D eigenvalue weighted by Gasteiger charge is 2.46. The van der Waals surface area contributed by atoms with Crippen LogP contribution in [0.25, 0.3) is 0 Å². The van der Waals surface area contributed by atoms with Crippen molar-refractivity contribution in [1.29, 1.82) is 0 Å². The number of ketones is 1. The minimum Gasteiger partial charge on any atom is -0.496 e. The predicted molar refractivity (Wildman–Crippen MR) is 121 cm³/mol. The molecule has 1 aliphatic carbocycles. The molecule has 5 nitrogen and oxygen atoms in total. The van der Waals surface area contributed by atoms with Gasteiger partial charge in [0.2, 0.25) is 0 Å². The second-order valence-electron chi connectivity index (χ2n) is 8.27. The molecule has 1 N–H and O–H groups in total. The van der Waals surface area contributed by atoms with E-state index < -0.39 is 5.92 Å². The number of hydrogen-bond donors (Lipinski definition) is 1. The molecule has 3 atom stereocenters. The van der Waals surface area contributed by atoms with Crippen molar-refractivity contribution in [2.24, 2.45) is 5.92 Å². The minimum atomic E-state index is -0.633. The first-order chi connectivity index (χ1) is 14.9. The third kappa shape index (κ3) is 4.04. The van der Waals surface area contributed by atoms with Crippen LogP contribution in [0.2, 0.25) is 0 Å². The first-order valence-corrected chi connectivity index (χ1v) is 11.4. The fourth-order valence-electron chi connectivity index (χ4n) is 4.63. The number of hydrogen-bond acceptors (Lipinski definition) is 6. The summed E-state index contributed by atoms with van der Waals surface area (Å²) in [6.07, 6.45) is 0.798. The van der Waals surface area contributed by atoms with Gasteiger partial charge >= 0.3 is 5.97 Å². The lowest BCUT2D eigenvalue weighted by Gasteiger charge is -2.39. The maximum absolute atomic E-state index is 13.5. The lowest BCUT2D eigenvalue weighted by Crippen LogP contribution is -2.42. The molecule has 0 bridgehead atoms. The third-order valence-electron chi connectivity index (χ3n) is 5.87. The Hall–Kier alpha value is -2.86. The number of esters is 1. The Morgan fingerprint density at radius 2 is 1.97 bits per heavy atom. The van der Waals surface area contributed by atoms with Crippen molar-refractivity contribution >= 4 is 23.1 Å². The number of rotatable bonds is 5. The lowest BCUT2D eigenvalue weighted by atomic mass is 9.70. The summed E-state index contributed by atoms with van der Waals surface area (Å²) in [7, 11) is 1.65. The summed E-state index contributed by atoms with van der Waals surface area (Å²) >= 11 is 1.55. The van der Waals surface area contributed by atoms with E-state index in [9.17, 15) is 9.59 Å². The molecule has 162 valence electrons. The summed E-state index contributed by atoms with van der Waals surface area (Å²) in [5.41, 5.74) is 3.14. The van der Waals surface area contributed by atoms with Crippen molar-refractivity contribution in [3.63, 3.8) is 0 Å². The number of carbonyl (C=O) groups excluding carboxylic acids is 2. The molecule has 0 spiro atoms. The normalized spacial score (nSPS) is 23.4. The van der Waals surface area contributed by atoms with Crippen LogP contribution in [0.1, 0.15) is 49.0 Å². The molecular formula is C25H27NO4S. The monoisotopic (exact) mass is 437 g/mol. The molecule has 4 rings (SSSR count). The number of nitrogens with one attached hydrogen (secondary N) is 1. The molecular weight excluding hydrogens is 410 g/mol. The summed E-state index contributed by atoms with van der Waals surface area (Å²) in [6.45, 7) is 7.80. The second-order valence-corrected chi connectivity index (χ2v) is 9.25. The molecule has 2 aliphatic rings. The number of carbonyl (C=O) groups is 2. The number of thiophene rings is 1. The highest BCUT2D eigenvalue weighted by atomic mass is 32.1.